The minimum atomic E-state index is -0.307. The molecule has 4 rings (SSSR count). The molecule has 5 unspecified atom stereocenters. The van der Waals surface area contributed by atoms with Crippen LogP contribution in [0.2, 0.25) is 0 Å². The summed E-state index contributed by atoms with van der Waals surface area (Å²) in [6.45, 7) is 2.03. The van der Waals surface area contributed by atoms with Crippen LogP contribution in [0.4, 0.5) is 11.4 Å². The number of nitrogens with zero attached hydrogens (tertiary/aromatic N) is 1. The fourth-order valence-electron chi connectivity index (χ4n) is 5.31. The first-order chi connectivity index (χ1) is 10.1. The van der Waals surface area contributed by atoms with Crippen LogP contribution < -0.4 is 5.32 Å². The van der Waals surface area contributed by atoms with E-state index in [9.17, 15) is 10.1 Å². The molecule has 0 heterocycles. The topological polar surface area (TPSA) is 55.2 Å². The van der Waals surface area contributed by atoms with E-state index < -0.39 is 0 Å². The molecular formula is C17H22N2O2. The molecule has 0 radical (unpaired) electrons. The minimum absolute atomic E-state index is 0.185. The third-order valence-electron chi connectivity index (χ3n) is 6.20. The fraction of sp³-hybridized carbons (Fsp3) is 0.647. The lowest BCUT2D eigenvalue weighted by molar-refractivity contribution is -0.384. The SMILES string of the molecule is Cc1ccc([N+](=O)[O-])cc1NC1CC2CC1C1CCCC21. The molecule has 1 N–H and O–H groups in total. The second-order valence-electron chi connectivity index (χ2n) is 7.16. The molecule has 1 aromatic rings. The van der Waals surface area contributed by atoms with Crippen molar-refractivity contribution in [2.75, 3.05) is 5.32 Å². The van der Waals surface area contributed by atoms with Crippen molar-refractivity contribution in [3.05, 3.63) is 33.9 Å². The summed E-state index contributed by atoms with van der Waals surface area (Å²) in [5, 5.41) is 14.6. The average molecular weight is 286 g/mol. The number of nitro groups is 1. The van der Waals surface area contributed by atoms with Gasteiger partial charge in [0.2, 0.25) is 0 Å². The molecule has 3 saturated carbocycles. The number of fused-ring (bicyclic) bond motifs is 5. The Kier molecular flexibility index (Phi) is 2.95. The number of non-ortho nitro benzene ring substituents is 1. The van der Waals surface area contributed by atoms with Gasteiger partial charge >= 0.3 is 0 Å². The zero-order valence-corrected chi connectivity index (χ0v) is 12.4. The molecule has 5 atom stereocenters. The number of nitrogens with one attached hydrogen (secondary N) is 1. The summed E-state index contributed by atoms with van der Waals surface area (Å²) in [4.78, 5) is 10.6. The maximum absolute atomic E-state index is 11.0. The first kappa shape index (κ1) is 13.1. The Balaban J connectivity index is 1.55. The van der Waals surface area contributed by atoms with Gasteiger partial charge in [-0.1, -0.05) is 12.5 Å². The smallest absolute Gasteiger partial charge is 0.271 e. The predicted molar refractivity (Wildman–Crippen MR) is 82.3 cm³/mol. The fourth-order valence-corrected chi connectivity index (χ4v) is 5.31. The number of benzene rings is 1. The Bertz CT molecular complexity index is 586. The molecule has 4 nitrogen and oxygen atoms in total. The molecule has 3 aliphatic rings. The van der Waals surface area contributed by atoms with Crippen LogP contribution in [0, 0.1) is 40.7 Å². The van der Waals surface area contributed by atoms with Crippen LogP contribution in [0.15, 0.2) is 18.2 Å². The highest BCUT2D eigenvalue weighted by Gasteiger charge is 2.53. The Morgan fingerprint density at radius 1 is 1.19 bits per heavy atom. The van der Waals surface area contributed by atoms with Crippen molar-refractivity contribution in [2.45, 2.75) is 45.1 Å². The molecule has 0 amide bonds. The highest BCUT2D eigenvalue weighted by Crippen LogP contribution is 2.59. The van der Waals surface area contributed by atoms with Gasteiger partial charge < -0.3 is 5.32 Å². The van der Waals surface area contributed by atoms with Crippen molar-refractivity contribution in [1.29, 1.82) is 0 Å². The minimum Gasteiger partial charge on any atom is -0.382 e. The zero-order valence-electron chi connectivity index (χ0n) is 12.4. The Hall–Kier alpha value is -1.58. The molecule has 4 heteroatoms. The highest BCUT2D eigenvalue weighted by atomic mass is 16.6. The van der Waals surface area contributed by atoms with Crippen molar-refractivity contribution in [3.8, 4) is 0 Å². The maximum Gasteiger partial charge on any atom is 0.271 e. The second kappa shape index (κ2) is 4.72. The largest absolute Gasteiger partial charge is 0.382 e. The van der Waals surface area contributed by atoms with Crippen LogP contribution in [-0.2, 0) is 0 Å². The molecule has 3 fully saturated rings. The van der Waals surface area contributed by atoms with Crippen molar-refractivity contribution < 1.29 is 4.92 Å². The van der Waals surface area contributed by atoms with Crippen molar-refractivity contribution >= 4 is 11.4 Å². The molecule has 0 spiro atoms. The average Bonchev–Trinajstić information content (AvgIpc) is 3.12. The zero-order chi connectivity index (χ0) is 14.6. The summed E-state index contributed by atoms with van der Waals surface area (Å²) in [6, 6.07) is 5.67. The van der Waals surface area contributed by atoms with E-state index in [1.807, 2.05) is 13.0 Å². The van der Waals surface area contributed by atoms with E-state index in [4.69, 9.17) is 0 Å². The maximum atomic E-state index is 11.0. The molecule has 21 heavy (non-hydrogen) atoms. The first-order valence-electron chi connectivity index (χ1n) is 8.15. The standard InChI is InChI=1S/C17H22N2O2/c1-10-5-6-12(19(20)21)9-16(10)18-17-8-11-7-15(17)14-4-2-3-13(11)14/h5-6,9,11,13-15,17-18H,2-4,7-8H2,1H3. The number of rotatable bonds is 3. The molecular weight excluding hydrogens is 264 g/mol. The molecule has 0 aromatic heterocycles. The van der Waals surface area contributed by atoms with Crippen molar-refractivity contribution in [1.82, 2.24) is 0 Å². The summed E-state index contributed by atoms with van der Waals surface area (Å²) in [7, 11) is 0. The third kappa shape index (κ3) is 2.03. The van der Waals surface area contributed by atoms with Crippen LogP contribution >= 0.6 is 0 Å². The first-order valence-corrected chi connectivity index (χ1v) is 8.15. The van der Waals surface area contributed by atoms with Gasteiger partial charge in [0, 0.05) is 23.9 Å². The van der Waals surface area contributed by atoms with Crippen LogP contribution in [0.25, 0.3) is 0 Å². The highest BCUT2D eigenvalue weighted by molar-refractivity contribution is 5.57. The summed E-state index contributed by atoms with van der Waals surface area (Å²) >= 11 is 0. The van der Waals surface area contributed by atoms with E-state index >= 15 is 0 Å². The summed E-state index contributed by atoms with van der Waals surface area (Å²) in [6.07, 6.45) is 6.88. The van der Waals surface area contributed by atoms with Gasteiger partial charge in [-0.25, -0.2) is 0 Å². The molecule has 1 aromatic carbocycles. The predicted octanol–water partition coefficient (Wildman–Crippen LogP) is 4.14. The van der Waals surface area contributed by atoms with Gasteiger partial charge in [0.15, 0.2) is 0 Å². The quantitative estimate of drug-likeness (QED) is 0.671. The van der Waals surface area contributed by atoms with E-state index in [1.165, 1.54) is 32.1 Å². The van der Waals surface area contributed by atoms with Crippen LogP contribution in [0.5, 0.6) is 0 Å². The van der Waals surface area contributed by atoms with E-state index in [0.29, 0.717) is 6.04 Å². The van der Waals surface area contributed by atoms with E-state index in [-0.39, 0.29) is 10.6 Å². The van der Waals surface area contributed by atoms with Gasteiger partial charge in [-0.2, -0.15) is 0 Å². The summed E-state index contributed by atoms with van der Waals surface area (Å²) in [5.41, 5.74) is 2.24. The lowest BCUT2D eigenvalue weighted by Crippen LogP contribution is -2.34. The van der Waals surface area contributed by atoms with Gasteiger partial charge in [0.1, 0.15) is 0 Å². The number of hydrogen-bond acceptors (Lipinski definition) is 3. The van der Waals surface area contributed by atoms with E-state index in [0.717, 1.165) is 34.9 Å². The van der Waals surface area contributed by atoms with Crippen molar-refractivity contribution in [3.63, 3.8) is 0 Å². The summed E-state index contributed by atoms with van der Waals surface area (Å²) in [5.74, 6) is 3.60. The molecule has 0 aliphatic heterocycles. The van der Waals surface area contributed by atoms with E-state index in [2.05, 4.69) is 5.32 Å². The van der Waals surface area contributed by atoms with Gasteiger partial charge in [-0.15, -0.1) is 0 Å². The van der Waals surface area contributed by atoms with Gasteiger partial charge in [-0.05, 0) is 61.8 Å². The third-order valence-corrected chi connectivity index (χ3v) is 6.20. The van der Waals surface area contributed by atoms with Crippen LogP contribution in [-0.4, -0.2) is 11.0 Å². The molecule has 2 bridgehead atoms. The Labute approximate surface area is 125 Å². The second-order valence-corrected chi connectivity index (χ2v) is 7.16. The number of hydrogen-bond donors (Lipinski definition) is 1. The number of aryl methyl sites for hydroxylation is 1. The Morgan fingerprint density at radius 3 is 2.81 bits per heavy atom. The number of anilines is 1. The van der Waals surface area contributed by atoms with Crippen molar-refractivity contribution in [2.24, 2.45) is 23.7 Å². The molecule has 3 aliphatic carbocycles. The van der Waals surface area contributed by atoms with Gasteiger partial charge in [0.25, 0.3) is 5.69 Å². The lowest BCUT2D eigenvalue weighted by Gasteiger charge is -2.33. The Morgan fingerprint density at radius 2 is 2.00 bits per heavy atom. The van der Waals surface area contributed by atoms with Gasteiger partial charge in [0.05, 0.1) is 4.92 Å². The molecule has 0 saturated heterocycles. The van der Waals surface area contributed by atoms with Crippen LogP contribution in [0.3, 0.4) is 0 Å². The summed E-state index contributed by atoms with van der Waals surface area (Å²) < 4.78 is 0. The monoisotopic (exact) mass is 286 g/mol. The van der Waals surface area contributed by atoms with Crippen LogP contribution in [0.1, 0.15) is 37.7 Å². The lowest BCUT2D eigenvalue weighted by atomic mass is 9.79. The number of nitro benzene ring substituents is 1. The molecule has 112 valence electrons. The normalized spacial score (nSPS) is 36.7. The van der Waals surface area contributed by atoms with Gasteiger partial charge in [-0.3, -0.25) is 10.1 Å². The van der Waals surface area contributed by atoms with E-state index in [1.54, 1.807) is 12.1 Å².